The number of methoxy groups -OCH3 is 1. The molecule has 0 aliphatic carbocycles. The third kappa shape index (κ3) is 5.91. The summed E-state index contributed by atoms with van der Waals surface area (Å²) in [6.07, 6.45) is 1.86. The van der Waals surface area contributed by atoms with Crippen LogP contribution in [0.3, 0.4) is 0 Å². The van der Waals surface area contributed by atoms with Crippen molar-refractivity contribution in [3.05, 3.63) is 29.8 Å². The quantitative estimate of drug-likeness (QED) is 0.399. The number of nitrogens with one attached hydrogen (secondary N) is 2. The van der Waals surface area contributed by atoms with Crippen LogP contribution in [0.4, 0.5) is 0 Å². The number of amides is 2. The summed E-state index contributed by atoms with van der Waals surface area (Å²) in [5, 5.41) is 5.40. The highest BCUT2D eigenvalue weighted by Gasteiger charge is 2.34. The van der Waals surface area contributed by atoms with E-state index in [-0.39, 0.29) is 17.4 Å². The summed E-state index contributed by atoms with van der Waals surface area (Å²) in [7, 11) is 1.25. The van der Waals surface area contributed by atoms with Crippen molar-refractivity contribution < 1.29 is 23.9 Å². The Morgan fingerprint density at radius 3 is 2.68 bits per heavy atom. The van der Waals surface area contributed by atoms with Gasteiger partial charge in [-0.2, -0.15) is 0 Å². The van der Waals surface area contributed by atoms with Crippen LogP contribution in [0.5, 0.6) is 5.75 Å². The average Bonchev–Trinajstić information content (AvgIpc) is 2.69. The van der Waals surface area contributed by atoms with Crippen LogP contribution < -0.4 is 15.4 Å². The van der Waals surface area contributed by atoms with Gasteiger partial charge in [-0.05, 0) is 42.9 Å². The maximum Gasteiger partial charge on any atom is 0.308 e. The van der Waals surface area contributed by atoms with Crippen LogP contribution in [0.1, 0.15) is 36.5 Å². The maximum atomic E-state index is 12.5. The van der Waals surface area contributed by atoms with Crippen LogP contribution in [0.15, 0.2) is 24.3 Å². The topological polar surface area (TPSA) is 97.0 Å². The Labute approximate surface area is 169 Å². The van der Waals surface area contributed by atoms with Gasteiger partial charge in [-0.3, -0.25) is 19.7 Å². The summed E-state index contributed by atoms with van der Waals surface area (Å²) in [5.74, 6) is -0.562. The highest BCUT2D eigenvalue weighted by Crippen LogP contribution is 2.14. The SMILES string of the molecule is CCCCOc1ccc(C(=O)NC(=S)N2CCNC(=O)[C@@H]2CC(=O)OC)cc1. The number of hydrogen-bond donors (Lipinski definition) is 2. The van der Waals surface area contributed by atoms with Crippen LogP contribution in [0, 0.1) is 0 Å². The number of piperazine rings is 1. The fraction of sp³-hybridized carbons (Fsp3) is 0.474. The smallest absolute Gasteiger partial charge is 0.308 e. The summed E-state index contributed by atoms with van der Waals surface area (Å²) >= 11 is 5.30. The third-order valence-electron chi connectivity index (χ3n) is 4.28. The Morgan fingerprint density at radius 2 is 2.04 bits per heavy atom. The molecule has 9 heteroatoms. The zero-order valence-corrected chi connectivity index (χ0v) is 16.8. The predicted molar refractivity (Wildman–Crippen MR) is 107 cm³/mol. The van der Waals surface area contributed by atoms with Gasteiger partial charge in [0, 0.05) is 18.7 Å². The van der Waals surface area contributed by atoms with Crippen molar-refractivity contribution in [1.82, 2.24) is 15.5 Å². The largest absolute Gasteiger partial charge is 0.494 e. The lowest BCUT2D eigenvalue weighted by Gasteiger charge is -2.36. The molecular formula is C19H25N3O5S. The predicted octanol–water partition coefficient (Wildman–Crippen LogP) is 1.24. The van der Waals surface area contributed by atoms with E-state index in [9.17, 15) is 14.4 Å². The summed E-state index contributed by atoms with van der Waals surface area (Å²) < 4.78 is 10.2. The van der Waals surface area contributed by atoms with Gasteiger partial charge in [0.05, 0.1) is 20.1 Å². The Bertz CT molecular complexity index is 723. The van der Waals surface area contributed by atoms with Crippen molar-refractivity contribution in [2.75, 3.05) is 26.8 Å². The molecule has 2 rings (SSSR count). The Balaban J connectivity index is 1.98. The van der Waals surface area contributed by atoms with Gasteiger partial charge in [0.15, 0.2) is 5.11 Å². The first-order chi connectivity index (χ1) is 13.5. The van der Waals surface area contributed by atoms with Crippen molar-refractivity contribution in [2.24, 2.45) is 0 Å². The molecule has 1 atom stereocenters. The van der Waals surface area contributed by atoms with Gasteiger partial charge in [0.25, 0.3) is 5.91 Å². The monoisotopic (exact) mass is 407 g/mol. The van der Waals surface area contributed by atoms with E-state index in [1.807, 2.05) is 0 Å². The first-order valence-electron chi connectivity index (χ1n) is 9.15. The van der Waals surface area contributed by atoms with Crippen LogP contribution >= 0.6 is 12.2 Å². The number of nitrogens with zero attached hydrogens (tertiary/aromatic N) is 1. The number of benzene rings is 1. The van der Waals surface area contributed by atoms with E-state index in [0.29, 0.717) is 31.0 Å². The van der Waals surface area contributed by atoms with Gasteiger partial charge in [0.2, 0.25) is 5.91 Å². The molecule has 8 nitrogen and oxygen atoms in total. The Hall–Kier alpha value is -2.68. The van der Waals surface area contributed by atoms with E-state index >= 15 is 0 Å². The fourth-order valence-electron chi connectivity index (χ4n) is 2.68. The molecule has 2 N–H and O–H groups in total. The van der Waals surface area contributed by atoms with Crippen molar-refractivity contribution in [1.29, 1.82) is 0 Å². The minimum atomic E-state index is -0.816. The molecule has 0 radical (unpaired) electrons. The summed E-state index contributed by atoms with van der Waals surface area (Å²) in [4.78, 5) is 37.7. The highest BCUT2D eigenvalue weighted by atomic mass is 32.1. The van der Waals surface area contributed by atoms with Crippen molar-refractivity contribution in [3.63, 3.8) is 0 Å². The van der Waals surface area contributed by atoms with Crippen LogP contribution in [0.2, 0.25) is 0 Å². The first kappa shape index (κ1) is 21.6. The van der Waals surface area contributed by atoms with E-state index in [0.717, 1.165) is 12.8 Å². The Morgan fingerprint density at radius 1 is 1.32 bits per heavy atom. The minimum absolute atomic E-state index is 0.0945. The lowest BCUT2D eigenvalue weighted by atomic mass is 10.1. The lowest BCUT2D eigenvalue weighted by molar-refractivity contribution is -0.144. The number of rotatable bonds is 7. The fourth-order valence-corrected chi connectivity index (χ4v) is 2.99. The normalized spacial score (nSPS) is 16.1. The molecule has 28 heavy (non-hydrogen) atoms. The summed E-state index contributed by atoms with van der Waals surface area (Å²) in [6, 6.07) is 5.93. The molecular weight excluding hydrogens is 382 g/mol. The zero-order valence-electron chi connectivity index (χ0n) is 16.0. The van der Waals surface area contributed by atoms with Crippen molar-refractivity contribution in [3.8, 4) is 5.75 Å². The number of ether oxygens (including phenoxy) is 2. The molecule has 152 valence electrons. The van der Waals surface area contributed by atoms with Crippen LogP contribution in [-0.4, -0.2) is 60.6 Å². The van der Waals surface area contributed by atoms with Crippen LogP contribution in [0.25, 0.3) is 0 Å². The maximum absolute atomic E-state index is 12.5. The second-order valence-electron chi connectivity index (χ2n) is 6.27. The van der Waals surface area contributed by atoms with Gasteiger partial charge in [-0.15, -0.1) is 0 Å². The number of unbranched alkanes of at least 4 members (excludes halogenated alkanes) is 1. The van der Waals surface area contributed by atoms with Gasteiger partial charge in [0.1, 0.15) is 11.8 Å². The van der Waals surface area contributed by atoms with Crippen molar-refractivity contribution >= 4 is 35.1 Å². The molecule has 0 spiro atoms. The number of esters is 1. The second-order valence-corrected chi connectivity index (χ2v) is 6.65. The van der Waals surface area contributed by atoms with Crippen molar-refractivity contribution in [2.45, 2.75) is 32.2 Å². The van der Waals surface area contributed by atoms with Gasteiger partial charge in [-0.1, -0.05) is 13.3 Å². The number of thiocarbonyl (C=S) groups is 1. The van der Waals surface area contributed by atoms with Crippen LogP contribution in [-0.2, 0) is 14.3 Å². The number of carbonyl (C=O) groups is 3. The molecule has 1 heterocycles. The molecule has 0 aromatic heterocycles. The molecule has 1 aromatic carbocycles. The first-order valence-corrected chi connectivity index (χ1v) is 9.56. The summed E-state index contributed by atoms with van der Waals surface area (Å²) in [5.41, 5.74) is 0.413. The molecule has 0 unspecified atom stereocenters. The Kier molecular flexibility index (Phi) is 8.19. The number of hydrogen-bond acceptors (Lipinski definition) is 6. The molecule has 2 amide bonds. The van der Waals surface area contributed by atoms with E-state index in [1.54, 1.807) is 24.3 Å². The standard InChI is InChI=1S/C19H25N3O5S/c1-3-4-11-27-14-7-5-13(6-8-14)17(24)21-19(28)22-10-9-20-18(25)15(22)12-16(23)26-2/h5-8,15H,3-4,9-12H2,1-2H3,(H,20,25)(H,21,24,28)/t15-/m0/s1. The molecule has 1 aromatic rings. The molecule has 0 saturated carbocycles. The molecule has 1 fully saturated rings. The lowest BCUT2D eigenvalue weighted by Crippen LogP contribution is -2.60. The second kappa shape index (κ2) is 10.6. The van der Waals surface area contributed by atoms with Gasteiger partial charge in [-0.25, -0.2) is 0 Å². The average molecular weight is 407 g/mol. The molecule has 1 aliphatic rings. The molecule has 1 saturated heterocycles. The van der Waals surface area contributed by atoms with E-state index in [4.69, 9.17) is 17.0 Å². The van der Waals surface area contributed by atoms with Gasteiger partial charge < -0.3 is 19.7 Å². The van der Waals surface area contributed by atoms with Gasteiger partial charge >= 0.3 is 5.97 Å². The molecule has 0 bridgehead atoms. The minimum Gasteiger partial charge on any atom is -0.494 e. The van der Waals surface area contributed by atoms with E-state index in [2.05, 4.69) is 22.3 Å². The summed E-state index contributed by atoms with van der Waals surface area (Å²) in [6.45, 7) is 3.47. The van der Waals surface area contributed by atoms with E-state index in [1.165, 1.54) is 12.0 Å². The molecule has 1 aliphatic heterocycles. The third-order valence-corrected chi connectivity index (χ3v) is 4.62. The highest BCUT2D eigenvalue weighted by molar-refractivity contribution is 7.80. The number of carbonyl (C=O) groups excluding carboxylic acids is 3. The zero-order chi connectivity index (χ0) is 20.5. The van der Waals surface area contributed by atoms with E-state index < -0.39 is 17.9 Å².